The second-order valence-corrected chi connectivity index (χ2v) is 3.79. The minimum absolute atomic E-state index is 0.0386. The van der Waals surface area contributed by atoms with Gasteiger partial charge >= 0.3 is 0 Å². The smallest absolute Gasteiger partial charge is 0.0839 e. The first kappa shape index (κ1) is 10.7. The van der Waals surface area contributed by atoms with Gasteiger partial charge in [-0.1, -0.05) is 13.0 Å². The minimum atomic E-state index is -0.261. The van der Waals surface area contributed by atoms with Gasteiger partial charge in [0.15, 0.2) is 0 Å². The molecule has 1 aliphatic rings. The number of ether oxygens (including phenoxy) is 1. The molecule has 0 radical (unpaired) electrons. The Hall–Kier alpha value is -0.340. The third-order valence-electron chi connectivity index (χ3n) is 2.67. The van der Waals surface area contributed by atoms with E-state index in [0.717, 1.165) is 32.3 Å². The SMILES string of the molecule is C=C[C@@H]1CC[C@H](O)[C@@H](OCCC)C1. The maximum Gasteiger partial charge on any atom is 0.0839 e. The molecule has 0 unspecified atom stereocenters. The van der Waals surface area contributed by atoms with E-state index in [1.165, 1.54) is 0 Å². The first-order valence-electron chi connectivity index (χ1n) is 5.20. The number of rotatable bonds is 4. The minimum Gasteiger partial charge on any atom is -0.390 e. The molecule has 0 aromatic carbocycles. The Morgan fingerprint density at radius 2 is 2.31 bits per heavy atom. The highest BCUT2D eigenvalue weighted by molar-refractivity contribution is 4.88. The van der Waals surface area contributed by atoms with E-state index in [0.29, 0.717) is 5.92 Å². The molecule has 0 aromatic rings. The van der Waals surface area contributed by atoms with Gasteiger partial charge in [-0.15, -0.1) is 6.58 Å². The van der Waals surface area contributed by atoms with Crippen molar-refractivity contribution in [1.82, 2.24) is 0 Å². The van der Waals surface area contributed by atoms with Crippen LogP contribution in [0.15, 0.2) is 12.7 Å². The van der Waals surface area contributed by atoms with Gasteiger partial charge in [0.1, 0.15) is 0 Å². The van der Waals surface area contributed by atoms with Crippen molar-refractivity contribution in [2.45, 2.75) is 44.8 Å². The van der Waals surface area contributed by atoms with Gasteiger partial charge in [0.05, 0.1) is 12.2 Å². The van der Waals surface area contributed by atoms with Crippen LogP contribution in [0.1, 0.15) is 32.6 Å². The molecule has 76 valence electrons. The van der Waals surface area contributed by atoms with Crippen LogP contribution >= 0.6 is 0 Å². The molecule has 0 saturated heterocycles. The maximum atomic E-state index is 9.65. The quantitative estimate of drug-likeness (QED) is 0.678. The van der Waals surface area contributed by atoms with E-state index in [1.807, 2.05) is 6.08 Å². The van der Waals surface area contributed by atoms with Crippen LogP contribution in [0.25, 0.3) is 0 Å². The summed E-state index contributed by atoms with van der Waals surface area (Å²) in [6, 6.07) is 0. The van der Waals surface area contributed by atoms with Crippen LogP contribution in [0.5, 0.6) is 0 Å². The van der Waals surface area contributed by atoms with E-state index < -0.39 is 0 Å². The first-order chi connectivity index (χ1) is 6.27. The summed E-state index contributed by atoms with van der Waals surface area (Å²) in [6.45, 7) is 6.63. The molecular weight excluding hydrogens is 164 g/mol. The van der Waals surface area contributed by atoms with Gasteiger partial charge < -0.3 is 9.84 Å². The number of hydrogen-bond donors (Lipinski definition) is 1. The molecule has 0 heterocycles. The highest BCUT2D eigenvalue weighted by atomic mass is 16.5. The first-order valence-corrected chi connectivity index (χ1v) is 5.20. The molecule has 0 bridgehead atoms. The van der Waals surface area contributed by atoms with E-state index in [-0.39, 0.29) is 12.2 Å². The van der Waals surface area contributed by atoms with Crippen LogP contribution in [0.3, 0.4) is 0 Å². The lowest BCUT2D eigenvalue weighted by Gasteiger charge is -2.31. The summed E-state index contributed by atoms with van der Waals surface area (Å²) >= 11 is 0. The molecule has 1 aliphatic carbocycles. The molecule has 13 heavy (non-hydrogen) atoms. The van der Waals surface area contributed by atoms with Crippen molar-refractivity contribution in [3.8, 4) is 0 Å². The zero-order valence-electron chi connectivity index (χ0n) is 8.41. The monoisotopic (exact) mass is 184 g/mol. The fraction of sp³-hybridized carbons (Fsp3) is 0.818. The summed E-state index contributed by atoms with van der Waals surface area (Å²) in [5, 5.41) is 9.65. The molecule has 2 heteroatoms. The number of hydrogen-bond acceptors (Lipinski definition) is 2. The van der Waals surface area contributed by atoms with Crippen LogP contribution in [0, 0.1) is 5.92 Å². The largest absolute Gasteiger partial charge is 0.390 e. The fourth-order valence-electron chi connectivity index (χ4n) is 1.81. The van der Waals surface area contributed by atoms with E-state index in [9.17, 15) is 5.11 Å². The molecule has 1 fully saturated rings. The molecule has 1 saturated carbocycles. The molecule has 1 N–H and O–H groups in total. The summed E-state index contributed by atoms with van der Waals surface area (Å²) in [4.78, 5) is 0. The topological polar surface area (TPSA) is 29.5 Å². The van der Waals surface area contributed by atoms with Crippen molar-refractivity contribution in [2.24, 2.45) is 5.92 Å². The summed E-state index contributed by atoms with van der Waals surface area (Å²) in [5.41, 5.74) is 0. The summed E-state index contributed by atoms with van der Waals surface area (Å²) < 4.78 is 5.58. The van der Waals surface area contributed by atoms with Crippen molar-refractivity contribution >= 4 is 0 Å². The zero-order chi connectivity index (χ0) is 9.68. The van der Waals surface area contributed by atoms with Crippen molar-refractivity contribution in [2.75, 3.05) is 6.61 Å². The van der Waals surface area contributed by atoms with E-state index in [1.54, 1.807) is 0 Å². The third-order valence-corrected chi connectivity index (χ3v) is 2.67. The predicted molar refractivity (Wildman–Crippen MR) is 53.6 cm³/mol. The van der Waals surface area contributed by atoms with Crippen molar-refractivity contribution in [3.63, 3.8) is 0 Å². The Bertz CT molecular complexity index is 156. The third kappa shape index (κ3) is 3.12. The summed E-state index contributed by atoms with van der Waals surface area (Å²) in [7, 11) is 0. The predicted octanol–water partition coefficient (Wildman–Crippen LogP) is 2.13. The number of aliphatic hydroxyl groups is 1. The Morgan fingerprint density at radius 3 is 2.92 bits per heavy atom. The van der Waals surface area contributed by atoms with E-state index in [2.05, 4.69) is 13.5 Å². The summed E-state index contributed by atoms with van der Waals surface area (Å²) in [5.74, 6) is 0.533. The van der Waals surface area contributed by atoms with Crippen molar-refractivity contribution in [3.05, 3.63) is 12.7 Å². The Labute approximate surface area is 80.6 Å². The Morgan fingerprint density at radius 1 is 1.54 bits per heavy atom. The average Bonchev–Trinajstić information content (AvgIpc) is 2.17. The molecule has 0 amide bonds. The Kier molecular flexibility index (Phi) is 4.46. The van der Waals surface area contributed by atoms with Crippen molar-refractivity contribution < 1.29 is 9.84 Å². The lowest BCUT2D eigenvalue weighted by Crippen LogP contribution is -2.35. The summed E-state index contributed by atoms with van der Waals surface area (Å²) in [6.07, 6.45) is 5.61. The van der Waals surface area contributed by atoms with Gasteiger partial charge in [-0.05, 0) is 31.6 Å². The van der Waals surface area contributed by atoms with E-state index in [4.69, 9.17) is 4.74 Å². The number of aliphatic hydroxyl groups excluding tert-OH is 1. The standard InChI is InChI=1S/C11H20O2/c1-3-7-13-11-8-9(4-2)5-6-10(11)12/h4,9-12H,2-3,5-8H2,1H3/t9-,10+,11+/m1/s1. The second-order valence-electron chi connectivity index (χ2n) is 3.79. The number of allylic oxidation sites excluding steroid dienone is 1. The lowest BCUT2D eigenvalue weighted by molar-refractivity contribution is -0.0661. The molecule has 0 aromatic heterocycles. The van der Waals surface area contributed by atoms with Crippen molar-refractivity contribution in [1.29, 1.82) is 0 Å². The van der Waals surface area contributed by atoms with E-state index >= 15 is 0 Å². The average molecular weight is 184 g/mol. The highest BCUT2D eigenvalue weighted by Crippen LogP contribution is 2.27. The molecule has 2 nitrogen and oxygen atoms in total. The zero-order valence-corrected chi connectivity index (χ0v) is 8.41. The van der Waals surface area contributed by atoms with Gasteiger partial charge in [-0.25, -0.2) is 0 Å². The molecule has 0 spiro atoms. The maximum absolute atomic E-state index is 9.65. The van der Waals surface area contributed by atoms with Gasteiger partial charge in [0, 0.05) is 6.61 Å². The van der Waals surface area contributed by atoms with Crippen LogP contribution < -0.4 is 0 Å². The van der Waals surface area contributed by atoms with Crippen LogP contribution in [0.4, 0.5) is 0 Å². The Balaban J connectivity index is 2.35. The normalized spacial score (nSPS) is 34.5. The van der Waals surface area contributed by atoms with Gasteiger partial charge in [0.25, 0.3) is 0 Å². The van der Waals surface area contributed by atoms with Crippen LogP contribution in [0.2, 0.25) is 0 Å². The van der Waals surface area contributed by atoms with Gasteiger partial charge in [-0.2, -0.15) is 0 Å². The van der Waals surface area contributed by atoms with Gasteiger partial charge in [0.2, 0.25) is 0 Å². The molecule has 1 rings (SSSR count). The highest BCUT2D eigenvalue weighted by Gasteiger charge is 2.27. The molecule has 0 aliphatic heterocycles. The van der Waals surface area contributed by atoms with Gasteiger partial charge in [-0.3, -0.25) is 0 Å². The van der Waals surface area contributed by atoms with Crippen LogP contribution in [-0.2, 0) is 4.74 Å². The second kappa shape index (κ2) is 5.40. The fourth-order valence-corrected chi connectivity index (χ4v) is 1.81. The van der Waals surface area contributed by atoms with Crippen LogP contribution in [-0.4, -0.2) is 23.9 Å². The molecule has 3 atom stereocenters. The lowest BCUT2D eigenvalue weighted by atomic mass is 9.85. The molecular formula is C11H20O2.